The van der Waals surface area contributed by atoms with Gasteiger partial charge < -0.3 is 30.3 Å². The number of carbonyl (C=O) groups is 3. The summed E-state index contributed by atoms with van der Waals surface area (Å²) in [6, 6.07) is 15.2. The Bertz CT molecular complexity index is 1810. The number of piperidine rings is 2. The number of carbonyl (C=O) groups excluding carboxylic acids is 3. The van der Waals surface area contributed by atoms with E-state index < -0.39 is 16.1 Å². The minimum atomic E-state index is -3.35. The molecule has 4 atom stereocenters. The van der Waals surface area contributed by atoms with Crippen molar-refractivity contribution in [3.05, 3.63) is 71.4 Å². The van der Waals surface area contributed by atoms with Gasteiger partial charge in [-0.2, -0.15) is 0 Å². The molecule has 50 heavy (non-hydrogen) atoms. The van der Waals surface area contributed by atoms with Crippen molar-refractivity contribution in [2.24, 2.45) is 0 Å². The number of H-pyrrole nitrogens is 1. The Morgan fingerprint density at radius 1 is 1.06 bits per heavy atom. The van der Waals surface area contributed by atoms with Gasteiger partial charge in [0.25, 0.3) is 0 Å². The normalized spacial score (nSPS) is 21.4. The summed E-state index contributed by atoms with van der Waals surface area (Å²) in [4.78, 5) is 50.6. The minimum absolute atomic E-state index is 0.0317. The van der Waals surface area contributed by atoms with Crippen LogP contribution >= 0.6 is 0 Å². The first-order valence-electron chi connectivity index (χ1n) is 17.8. The van der Waals surface area contributed by atoms with E-state index >= 15 is 0 Å². The molecular weight excluding hydrogens is 655 g/mol. The Morgan fingerprint density at radius 3 is 2.50 bits per heavy atom. The number of sulfonamides is 1. The molecule has 2 aromatic carbocycles. The second kappa shape index (κ2) is 14.7. The summed E-state index contributed by atoms with van der Waals surface area (Å²) in [7, 11) is 0.176. The van der Waals surface area contributed by atoms with E-state index in [4.69, 9.17) is 0 Å². The topological polar surface area (TPSA) is 147 Å². The molecule has 1 aromatic heterocycles. The van der Waals surface area contributed by atoms with E-state index in [0.717, 1.165) is 59.8 Å². The van der Waals surface area contributed by atoms with Crippen molar-refractivity contribution in [2.75, 3.05) is 59.6 Å². The molecule has 3 heterocycles. The van der Waals surface area contributed by atoms with Crippen molar-refractivity contribution in [1.29, 1.82) is 0 Å². The van der Waals surface area contributed by atoms with E-state index in [2.05, 4.69) is 26.4 Å². The molecular formula is C37H51N7O5S. The number of urea groups is 1. The molecule has 3 aliphatic rings. The molecule has 0 saturated carbocycles. The number of hydrogen-bond donors (Lipinski definition) is 4. The van der Waals surface area contributed by atoms with Crippen LogP contribution in [0.5, 0.6) is 0 Å². The van der Waals surface area contributed by atoms with E-state index in [-0.39, 0.29) is 54.2 Å². The number of nitrogens with one attached hydrogen (secondary N) is 4. The third kappa shape index (κ3) is 7.40. The fourth-order valence-electron chi connectivity index (χ4n) is 8.33. The number of amides is 4. The fraction of sp³-hybridized carbons (Fsp3) is 0.541. The molecule has 0 bridgehead atoms. The summed E-state index contributed by atoms with van der Waals surface area (Å²) in [5.74, 6) is -0.761. The summed E-state index contributed by atoms with van der Waals surface area (Å²) in [5, 5.41) is 7.57. The van der Waals surface area contributed by atoms with Gasteiger partial charge >= 0.3 is 6.03 Å². The predicted molar refractivity (Wildman–Crippen MR) is 194 cm³/mol. The Morgan fingerprint density at radius 2 is 1.78 bits per heavy atom. The molecule has 0 radical (unpaired) electrons. The lowest BCUT2D eigenvalue weighted by molar-refractivity contribution is -0.136. The van der Waals surface area contributed by atoms with Gasteiger partial charge in [-0.15, -0.1) is 0 Å². The molecule has 1 spiro atoms. The Labute approximate surface area is 295 Å². The number of rotatable bonds is 10. The van der Waals surface area contributed by atoms with Crippen LogP contribution in [0.25, 0.3) is 10.9 Å². The molecule has 2 saturated heterocycles. The quantitative estimate of drug-likeness (QED) is 0.255. The van der Waals surface area contributed by atoms with Gasteiger partial charge in [-0.25, -0.2) is 17.9 Å². The lowest BCUT2D eigenvalue weighted by Gasteiger charge is -2.42. The number of benzene rings is 2. The number of hydrogen-bond acceptors (Lipinski definition) is 6. The lowest BCUT2D eigenvalue weighted by Crippen LogP contribution is -2.58. The zero-order chi connectivity index (χ0) is 35.6. The first kappa shape index (κ1) is 35.9. The van der Waals surface area contributed by atoms with Gasteiger partial charge in [-0.1, -0.05) is 49.4 Å². The average molecular weight is 706 g/mol. The second-order valence-corrected chi connectivity index (χ2v) is 16.3. The molecule has 13 heteroatoms. The first-order valence-corrected chi connectivity index (χ1v) is 19.7. The Kier molecular flexibility index (Phi) is 10.6. The van der Waals surface area contributed by atoms with E-state index in [9.17, 15) is 22.8 Å². The molecule has 0 unspecified atom stereocenters. The molecule has 2 fully saturated rings. The molecule has 1 aliphatic carbocycles. The highest BCUT2D eigenvalue weighted by Crippen LogP contribution is 2.52. The van der Waals surface area contributed by atoms with E-state index in [1.54, 1.807) is 16.8 Å². The van der Waals surface area contributed by atoms with Crippen LogP contribution in [-0.2, 0) is 25.0 Å². The second-order valence-electron chi connectivity index (χ2n) is 14.5. The number of fused-ring (bicyclic) bond motifs is 3. The highest BCUT2D eigenvalue weighted by atomic mass is 32.2. The van der Waals surface area contributed by atoms with Crippen LogP contribution in [0.3, 0.4) is 0 Å². The maximum absolute atomic E-state index is 14.5. The molecule has 2 aliphatic heterocycles. The summed E-state index contributed by atoms with van der Waals surface area (Å²) in [6.07, 6.45) is 7.02. The highest BCUT2D eigenvalue weighted by Gasteiger charge is 2.49. The van der Waals surface area contributed by atoms with Crippen LogP contribution < -0.4 is 15.4 Å². The van der Waals surface area contributed by atoms with Gasteiger partial charge in [-0.05, 0) is 61.4 Å². The van der Waals surface area contributed by atoms with Crippen molar-refractivity contribution in [1.82, 2.24) is 35.0 Å². The van der Waals surface area contributed by atoms with Crippen LogP contribution in [0, 0.1) is 0 Å². The Hall–Kier alpha value is -3.94. The van der Waals surface area contributed by atoms with Crippen LogP contribution in [0.15, 0.2) is 54.7 Å². The third-order valence-corrected chi connectivity index (χ3v) is 12.0. The van der Waals surface area contributed by atoms with Crippen molar-refractivity contribution in [3.63, 3.8) is 0 Å². The average Bonchev–Trinajstić information content (AvgIpc) is 3.69. The minimum Gasteiger partial charge on any atom is -0.361 e. The zero-order valence-electron chi connectivity index (χ0n) is 29.6. The van der Waals surface area contributed by atoms with Gasteiger partial charge in [0.2, 0.25) is 21.8 Å². The lowest BCUT2D eigenvalue weighted by atomic mass is 9.73. The summed E-state index contributed by atoms with van der Waals surface area (Å²) in [5.41, 5.74) is 3.89. The van der Waals surface area contributed by atoms with Gasteiger partial charge in [0, 0.05) is 81.3 Å². The molecule has 4 N–H and O–H groups in total. The van der Waals surface area contributed by atoms with Gasteiger partial charge in [0.15, 0.2) is 0 Å². The van der Waals surface area contributed by atoms with Crippen molar-refractivity contribution in [2.45, 2.75) is 68.4 Å². The predicted octanol–water partition coefficient (Wildman–Crippen LogP) is 3.09. The molecule has 6 rings (SSSR count). The van der Waals surface area contributed by atoms with E-state index in [0.29, 0.717) is 32.4 Å². The van der Waals surface area contributed by atoms with Crippen molar-refractivity contribution < 1.29 is 22.8 Å². The van der Waals surface area contributed by atoms with Crippen molar-refractivity contribution >= 4 is 38.8 Å². The van der Waals surface area contributed by atoms with Crippen LogP contribution in [-0.4, -0.2) is 118 Å². The number of aromatic amines is 1. The SMILES string of the molecule is C[C@H](c1c[nH]c2ccccc12)[C@@H](NC(=O)N(C)[C@@H]1CCCNC1)C(=O)N1CCC2(CC1)C[C@@H](C(=O)N(C)CCNS(C)(=O)=O)c1ccccc12. The monoisotopic (exact) mass is 705 g/mol. The van der Waals surface area contributed by atoms with E-state index in [1.807, 2.05) is 67.5 Å². The summed E-state index contributed by atoms with van der Waals surface area (Å²) in [6.45, 7) is 5.13. The Balaban J connectivity index is 1.19. The summed E-state index contributed by atoms with van der Waals surface area (Å²) >= 11 is 0. The zero-order valence-corrected chi connectivity index (χ0v) is 30.4. The van der Waals surface area contributed by atoms with Crippen LogP contribution in [0.1, 0.15) is 67.6 Å². The standard InChI is InChI=1S/C37H51N7O5S/c1-25(30-24-39-32-14-8-6-12-28(30)32)33(41-36(47)43(3)26-10-9-17-38-23-26)35(46)44-19-15-37(16-20-44)22-29(27-11-5-7-13-31(27)37)34(45)42(2)21-18-40-50(4,48)49/h5-8,11-14,24-26,29,33,38-40H,9-10,15-23H2,1-4H3,(H,41,47)/t25-,26-,29-,33-/m1/s1. The summed E-state index contributed by atoms with van der Waals surface area (Å²) < 4.78 is 25.6. The molecule has 3 aromatic rings. The smallest absolute Gasteiger partial charge is 0.318 e. The van der Waals surface area contributed by atoms with Gasteiger partial charge in [0.1, 0.15) is 6.04 Å². The third-order valence-electron chi connectivity index (χ3n) is 11.3. The fourth-order valence-corrected chi connectivity index (χ4v) is 8.79. The first-order chi connectivity index (χ1) is 23.9. The maximum Gasteiger partial charge on any atom is 0.318 e. The number of para-hydroxylation sites is 1. The van der Waals surface area contributed by atoms with Crippen molar-refractivity contribution in [3.8, 4) is 0 Å². The van der Waals surface area contributed by atoms with E-state index in [1.165, 1.54) is 0 Å². The van der Waals surface area contributed by atoms with Gasteiger partial charge in [-0.3, -0.25) is 9.59 Å². The number of aromatic nitrogens is 1. The largest absolute Gasteiger partial charge is 0.361 e. The van der Waals surface area contributed by atoms with Crippen LogP contribution in [0.2, 0.25) is 0 Å². The molecule has 270 valence electrons. The number of likely N-dealkylation sites (N-methyl/N-ethyl adjacent to an activating group) is 2. The number of likely N-dealkylation sites (tertiary alicyclic amines) is 1. The van der Waals surface area contributed by atoms with Gasteiger partial charge in [0.05, 0.1) is 12.2 Å². The molecule has 12 nitrogen and oxygen atoms in total. The maximum atomic E-state index is 14.5. The highest BCUT2D eigenvalue weighted by molar-refractivity contribution is 7.88. The number of nitrogens with zero attached hydrogens (tertiary/aromatic N) is 3. The molecule has 4 amide bonds. The van der Waals surface area contributed by atoms with Crippen LogP contribution in [0.4, 0.5) is 4.79 Å².